The second-order valence-electron chi connectivity index (χ2n) is 12.8. The van der Waals surface area contributed by atoms with Crippen LogP contribution in [0.1, 0.15) is 80.2 Å². The maximum absolute atomic E-state index is 12.3. The fourth-order valence-corrected chi connectivity index (χ4v) is 6.10. The number of aromatic nitrogens is 1. The minimum absolute atomic E-state index is 0.00146. The topological polar surface area (TPSA) is 76.4 Å². The van der Waals surface area contributed by atoms with E-state index in [2.05, 4.69) is 88.7 Å². The van der Waals surface area contributed by atoms with E-state index in [0.29, 0.717) is 11.6 Å². The van der Waals surface area contributed by atoms with Gasteiger partial charge in [-0.3, -0.25) is 9.78 Å². The average molecular weight is 551 g/mol. The number of rotatable bonds is 7. The summed E-state index contributed by atoms with van der Waals surface area (Å²) in [4.78, 5) is 18.6. The first-order valence-electron chi connectivity index (χ1n) is 14.4. The Morgan fingerprint density at radius 3 is 2.24 bits per heavy atom. The number of hydrogen-bond acceptors (Lipinski definition) is 5. The molecular weight excluding hydrogens is 508 g/mol. The van der Waals surface area contributed by atoms with Gasteiger partial charge in [-0.25, -0.2) is 0 Å². The highest BCUT2D eigenvalue weighted by Gasteiger charge is 2.39. The van der Waals surface area contributed by atoms with Crippen molar-refractivity contribution in [3.63, 3.8) is 0 Å². The summed E-state index contributed by atoms with van der Waals surface area (Å²) in [5.41, 5.74) is 10.4. The maximum atomic E-state index is 12.3. The maximum Gasteiger partial charge on any atom is 0.253 e. The Bertz CT molecular complexity index is 1510. The molecule has 2 aliphatic rings. The number of carbonyl (C=O) groups excluding carboxylic acids is 1. The molecule has 6 nitrogen and oxygen atoms in total. The van der Waals surface area contributed by atoms with Crippen LogP contribution >= 0.6 is 0 Å². The fraction of sp³-hybridized carbons (Fsp3) is 0.371. The summed E-state index contributed by atoms with van der Waals surface area (Å²) < 4.78 is 6.31. The summed E-state index contributed by atoms with van der Waals surface area (Å²) in [6.45, 7) is 12.9. The van der Waals surface area contributed by atoms with E-state index in [-0.39, 0.29) is 17.1 Å². The number of benzene rings is 2. The Hall–Kier alpha value is -3.90. The molecule has 0 saturated carbocycles. The first kappa shape index (κ1) is 28.6. The van der Waals surface area contributed by atoms with Crippen molar-refractivity contribution < 1.29 is 9.53 Å². The van der Waals surface area contributed by atoms with Gasteiger partial charge in [-0.05, 0) is 119 Å². The Balaban J connectivity index is 1.41. The second kappa shape index (κ2) is 10.8. The van der Waals surface area contributed by atoms with Gasteiger partial charge in [0.1, 0.15) is 0 Å². The van der Waals surface area contributed by atoms with Crippen LogP contribution in [-0.2, 0) is 4.74 Å². The predicted octanol–water partition coefficient (Wildman–Crippen LogP) is 7.37. The van der Waals surface area contributed by atoms with Gasteiger partial charge in [-0.1, -0.05) is 18.2 Å². The molecule has 5 rings (SSSR count). The molecule has 0 radical (unpaired) electrons. The molecule has 3 heterocycles. The summed E-state index contributed by atoms with van der Waals surface area (Å²) in [5, 5.41) is 7.15. The van der Waals surface area contributed by atoms with Crippen LogP contribution < -0.4 is 10.6 Å². The standard InChI is InChI=1S/C35H42N4O2/c1-22(24-9-11-25(12-10-24)33(40)39(7)8)17-31-23(2)28(15-16-36-31)26-13-14-30(29(18-26)32-21-37-32)38-27-19-34(3,4)41-35(5,6)20-27/h9-18,21,27,37-38H,19-20H2,1-8H3/b22-17+. The molecule has 1 amide bonds. The molecular formula is C35H42N4O2. The van der Waals surface area contributed by atoms with Crippen LogP contribution in [0.5, 0.6) is 0 Å². The third-order valence-electron chi connectivity index (χ3n) is 7.89. The van der Waals surface area contributed by atoms with E-state index in [1.165, 1.54) is 5.56 Å². The summed E-state index contributed by atoms with van der Waals surface area (Å²) in [7, 11) is 3.53. The first-order valence-corrected chi connectivity index (χ1v) is 14.4. The molecule has 1 fully saturated rings. The zero-order chi connectivity index (χ0) is 29.5. The van der Waals surface area contributed by atoms with Crippen LogP contribution in [-0.4, -0.2) is 47.1 Å². The number of pyridine rings is 1. The van der Waals surface area contributed by atoms with E-state index in [0.717, 1.165) is 57.7 Å². The molecule has 41 heavy (non-hydrogen) atoms. The highest BCUT2D eigenvalue weighted by atomic mass is 16.5. The van der Waals surface area contributed by atoms with Gasteiger partial charge in [-0.15, -0.1) is 0 Å². The van der Waals surface area contributed by atoms with Gasteiger partial charge < -0.3 is 20.3 Å². The molecule has 0 unspecified atom stereocenters. The molecule has 3 aromatic rings. The van der Waals surface area contributed by atoms with Gasteiger partial charge in [0.15, 0.2) is 0 Å². The van der Waals surface area contributed by atoms with Gasteiger partial charge in [0.2, 0.25) is 0 Å². The van der Waals surface area contributed by atoms with Crippen LogP contribution in [0, 0.1) is 6.92 Å². The molecule has 0 atom stereocenters. The van der Waals surface area contributed by atoms with Gasteiger partial charge in [0.25, 0.3) is 5.91 Å². The van der Waals surface area contributed by atoms with E-state index in [4.69, 9.17) is 9.72 Å². The van der Waals surface area contributed by atoms with E-state index in [1.54, 1.807) is 19.0 Å². The summed E-state index contributed by atoms with van der Waals surface area (Å²) in [5.74, 6) is 0.00146. The number of carbonyl (C=O) groups is 1. The smallest absolute Gasteiger partial charge is 0.253 e. The Kier molecular flexibility index (Phi) is 7.56. The zero-order valence-electron chi connectivity index (χ0n) is 25.6. The van der Waals surface area contributed by atoms with Crippen molar-refractivity contribution in [2.75, 3.05) is 19.4 Å². The molecule has 2 N–H and O–H groups in total. The number of hydrogen-bond donors (Lipinski definition) is 2. The molecule has 1 saturated heterocycles. The van der Waals surface area contributed by atoms with Crippen molar-refractivity contribution in [1.29, 1.82) is 0 Å². The molecule has 0 bridgehead atoms. The number of ether oxygens (including phenoxy) is 1. The monoisotopic (exact) mass is 550 g/mol. The normalized spacial score (nSPS) is 17.9. The average Bonchev–Trinajstić information content (AvgIpc) is 3.73. The van der Waals surface area contributed by atoms with Crippen molar-refractivity contribution in [2.24, 2.45) is 0 Å². The van der Waals surface area contributed by atoms with Crippen molar-refractivity contribution in [3.05, 3.63) is 88.9 Å². The van der Waals surface area contributed by atoms with Crippen molar-refractivity contribution in [1.82, 2.24) is 15.2 Å². The largest absolute Gasteiger partial charge is 0.382 e. The number of allylic oxidation sites excluding steroid dienone is 1. The third kappa shape index (κ3) is 6.54. The lowest BCUT2D eigenvalue weighted by Crippen LogP contribution is -2.49. The highest BCUT2D eigenvalue weighted by molar-refractivity contribution is 5.94. The Morgan fingerprint density at radius 1 is 1.00 bits per heavy atom. The molecule has 214 valence electrons. The molecule has 1 aromatic heterocycles. The van der Waals surface area contributed by atoms with Crippen molar-refractivity contribution in [2.45, 2.75) is 71.6 Å². The van der Waals surface area contributed by atoms with Crippen molar-refractivity contribution >= 4 is 28.9 Å². The molecule has 0 aliphatic carbocycles. The lowest BCUT2D eigenvalue weighted by Gasteiger charge is -2.45. The predicted molar refractivity (Wildman–Crippen MR) is 169 cm³/mol. The quantitative estimate of drug-likeness (QED) is 0.321. The van der Waals surface area contributed by atoms with Gasteiger partial charge in [-0.2, -0.15) is 0 Å². The van der Waals surface area contributed by atoms with Gasteiger partial charge in [0, 0.05) is 49.3 Å². The number of anilines is 1. The summed E-state index contributed by atoms with van der Waals surface area (Å²) in [6.07, 6.45) is 7.97. The van der Waals surface area contributed by atoms with Crippen molar-refractivity contribution in [3.8, 4) is 11.1 Å². The lowest BCUT2D eigenvalue weighted by atomic mass is 9.85. The zero-order valence-corrected chi connectivity index (χ0v) is 25.6. The molecule has 2 aliphatic heterocycles. The van der Waals surface area contributed by atoms with Crippen LogP contribution in [0.4, 0.5) is 5.69 Å². The van der Waals surface area contributed by atoms with Crippen LogP contribution in [0.3, 0.4) is 0 Å². The molecule has 0 spiro atoms. The minimum atomic E-state index is -0.168. The van der Waals surface area contributed by atoms with E-state index >= 15 is 0 Å². The fourth-order valence-electron chi connectivity index (χ4n) is 6.10. The second-order valence-corrected chi connectivity index (χ2v) is 12.8. The summed E-state index contributed by atoms with van der Waals surface area (Å²) in [6, 6.07) is 16.9. The van der Waals surface area contributed by atoms with Gasteiger partial charge in [0.05, 0.1) is 22.6 Å². The molecule has 6 heteroatoms. The third-order valence-corrected chi connectivity index (χ3v) is 7.89. The van der Waals surface area contributed by atoms with Gasteiger partial charge >= 0.3 is 0 Å². The Morgan fingerprint density at radius 2 is 1.63 bits per heavy atom. The SMILES string of the molecule is C/C(=C\c1nccc(-c2ccc(NC3CC(C)(C)OC(C)(C)C3)c(C3=CN3)c2)c1C)c1ccc(C(=O)N(C)C)cc1. The first-order chi connectivity index (χ1) is 19.3. The van der Waals surface area contributed by atoms with E-state index in [1.807, 2.05) is 30.5 Å². The summed E-state index contributed by atoms with van der Waals surface area (Å²) >= 11 is 0. The van der Waals surface area contributed by atoms with E-state index < -0.39 is 0 Å². The minimum Gasteiger partial charge on any atom is -0.382 e. The van der Waals surface area contributed by atoms with Crippen LogP contribution in [0.15, 0.2) is 60.9 Å². The highest BCUT2D eigenvalue weighted by Crippen LogP contribution is 2.39. The van der Waals surface area contributed by atoms with Crippen LogP contribution in [0.25, 0.3) is 28.5 Å². The van der Waals surface area contributed by atoms with Crippen LogP contribution in [0.2, 0.25) is 0 Å². The van der Waals surface area contributed by atoms with E-state index in [9.17, 15) is 4.79 Å². The number of nitrogens with one attached hydrogen (secondary N) is 2. The number of amides is 1. The Labute approximate surface area is 244 Å². The lowest BCUT2D eigenvalue weighted by molar-refractivity contribution is -0.158. The molecule has 2 aromatic carbocycles. The number of nitrogens with zero attached hydrogens (tertiary/aromatic N) is 2.